The average molecular weight is 437 g/mol. The number of carbonyl (C=O) groups excluding carboxylic acids is 2. The van der Waals surface area contributed by atoms with Crippen molar-refractivity contribution in [1.29, 1.82) is 0 Å². The lowest BCUT2D eigenvalue weighted by atomic mass is 9.87. The standard InChI is InChI=1S/C26H32N2O4/c1-17-5-4-6-21(15-17)24-23-16-22(32-18(2)25(29)27-12-14-31-3)10-9-19(23)11-13-28(24)26(30)20-7-8-20/h4-6,9-10,15-16,18,20,24H,7-8,11-14H2,1-3H3,(H,27,29)/t18-,24-/m0/s1. The highest BCUT2D eigenvalue weighted by Crippen LogP contribution is 2.41. The molecule has 1 fully saturated rings. The second-order valence-corrected chi connectivity index (χ2v) is 8.78. The molecule has 0 bridgehead atoms. The molecule has 1 aliphatic carbocycles. The molecule has 0 saturated heterocycles. The zero-order valence-electron chi connectivity index (χ0n) is 19.1. The van der Waals surface area contributed by atoms with Crippen molar-refractivity contribution in [3.63, 3.8) is 0 Å². The minimum Gasteiger partial charge on any atom is -0.481 e. The Kier molecular flexibility index (Phi) is 6.80. The van der Waals surface area contributed by atoms with Gasteiger partial charge in [-0.1, -0.05) is 35.9 Å². The Bertz CT molecular complexity index is 986. The maximum absolute atomic E-state index is 13.1. The summed E-state index contributed by atoms with van der Waals surface area (Å²) in [5, 5.41) is 2.81. The van der Waals surface area contributed by atoms with Crippen molar-refractivity contribution in [3.05, 3.63) is 64.7 Å². The van der Waals surface area contributed by atoms with Crippen LogP contribution >= 0.6 is 0 Å². The number of carbonyl (C=O) groups is 2. The Morgan fingerprint density at radius 3 is 2.72 bits per heavy atom. The van der Waals surface area contributed by atoms with Crippen LogP contribution in [0.4, 0.5) is 0 Å². The quantitative estimate of drug-likeness (QED) is 0.644. The van der Waals surface area contributed by atoms with Gasteiger partial charge in [-0.25, -0.2) is 0 Å². The Hall–Kier alpha value is -2.86. The number of aryl methyl sites for hydroxylation is 1. The largest absolute Gasteiger partial charge is 0.481 e. The third-order valence-corrected chi connectivity index (χ3v) is 6.20. The zero-order chi connectivity index (χ0) is 22.7. The zero-order valence-corrected chi connectivity index (χ0v) is 19.1. The molecule has 0 aromatic heterocycles. The number of nitrogens with one attached hydrogen (secondary N) is 1. The second-order valence-electron chi connectivity index (χ2n) is 8.78. The molecule has 2 aliphatic rings. The number of methoxy groups -OCH3 is 1. The van der Waals surface area contributed by atoms with Crippen molar-refractivity contribution < 1.29 is 19.1 Å². The molecule has 32 heavy (non-hydrogen) atoms. The second kappa shape index (κ2) is 9.74. The lowest BCUT2D eigenvalue weighted by molar-refractivity contribution is -0.134. The van der Waals surface area contributed by atoms with Crippen LogP contribution in [0.5, 0.6) is 5.75 Å². The molecule has 1 aliphatic heterocycles. The van der Waals surface area contributed by atoms with Gasteiger partial charge in [0, 0.05) is 26.1 Å². The molecule has 0 spiro atoms. The summed E-state index contributed by atoms with van der Waals surface area (Å²) in [5.74, 6) is 0.871. The monoisotopic (exact) mass is 436 g/mol. The van der Waals surface area contributed by atoms with Gasteiger partial charge in [0.15, 0.2) is 6.10 Å². The van der Waals surface area contributed by atoms with Crippen molar-refractivity contribution in [2.75, 3.05) is 26.8 Å². The molecule has 1 heterocycles. The fourth-order valence-electron chi connectivity index (χ4n) is 4.35. The number of amides is 2. The van der Waals surface area contributed by atoms with Crippen LogP contribution in [0.25, 0.3) is 0 Å². The summed E-state index contributed by atoms with van der Waals surface area (Å²) in [6, 6.07) is 14.2. The van der Waals surface area contributed by atoms with Gasteiger partial charge in [0.05, 0.1) is 12.6 Å². The van der Waals surface area contributed by atoms with Crippen molar-refractivity contribution in [2.45, 2.75) is 45.3 Å². The summed E-state index contributed by atoms with van der Waals surface area (Å²) in [4.78, 5) is 27.5. The normalized spacial score (nSPS) is 18.6. The molecule has 1 saturated carbocycles. The highest BCUT2D eigenvalue weighted by atomic mass is 16.5. The SMILES string of the molecule is COCCNC(=O)[C@H](C)Oc1ccc2c(c1)[C@H](c1cccc(C)c1)N(C(=O)C1CC1)CC2. The van der Waals surface area contributed by atoms with Gasteiger partial charge in [0.2, 0.25) is 5.91 Å². The summed E-state index contributed by atoms with van der Waals surface area (Å²) in [6.07, 6.45) is 2.17. The first-order valence-electron chi connectivity index (χ1n) is 11.4. The summed E-state index contributed by atoms with van der Waals surface area (Å²) in [5.41, 5.74) is 4.59. The van der Waals surface area contributed by atoms with E-state index in [1.165, 1.54) is 11.1 Å². The Morgan fingerprint density at radius 1 is 1.19 bits per heavy atom. The van der Waals surface area contributed by atoms with Crippen LogP contribution in [0.2, 0.25) is 0 Å². The van der Waals surface area contributed by atoms with Crippen LogP contribution in [-0.2, 0) is 20.7 Å². The molecular weight excluding hydrogens is 404 g/mol. The van der Waals surface area contributed by atoms with E-state index in [9.17, 15) is 9.59 Å². The number of ether oxygens (including phenoxy) is 2. The number of rotatable bonds is 8. The smallest absolute Gasteiger partial charge is 0.260 e. The van der Waals surface area contributed by atoms with Crippen LogP contribution < -0.4 is 10.1 Å². The van der Waals surface area contributed by atoms with E-state index in [0.717, 1.165) is 36.9 Å². The number of benzene rings is 2. The lowest BCUT2D eigenvalue weighted by Gasteiger charge is -2.38. The molecule has 2 aromatic rings. The molecule has 2 aromatic carbocycles. The Balaban J connectivity index is 1.61. The molecule has 6 heteroatoms. The van der Waals surface area contributed by atoms with Crippen LogP contribution in [0.3, 0.4) is 0 Å². The molecule has 4 rings (SSSR count). The van der Waals surface area contributed by atoms with Gasteiger partial charge in [0.1, 0.15) is 5.75 Å². The fourth-order valence-corrected chi connectivity index (χ4v) is 4.35. The van der Waals surface area contributed by atoms with Crippen molar-refractivity contribution in [1.82, 2.24) is 10.2 Å². The van der Waals surface area contributed by atoms with E-state index in [4.69, 9.17) is 9.47 Å². The first-order valence-corrected chi connectivity index (χ1v) is 11.4. The fraction of sp³-hybridized carbons (Fsp3) is 0.462. The van der Waals surface area contributed by atoms with Gasteiger partial charge < -0.3 is 19.7 Å². The average Bonchev–Trinajstić information content (AvgIpc) is 3.63. The van der Waals surface area contributed by atoms with E-state index >= 15 is 0 Å². The van der Waals surface area contributed by atoms with Gasteiger partial charge in [-0.3, -0.25) is 9.59 Å². The molecular formula is C26H32N2O4. The van der Waals surface area contributed by atoms with Gasteiger partial charge in [-0.2, -0.15) is 0 Å². The minimum absolute atomic E-state index is 0.138. The summed E-state index contributed by atoms with van der Waals surface area (Å²) >= 11 is 0. The highest BCUT2D eigenvalue weighted by Gasteiger charge is 2.39. The van der Waals surface area contributed by atoms with Gasteiger partial charge in [-0.15, -0.1) is 0 Å². The number of hydrogen-bond donors (Lipinski definition) is 1. The molecule has 2 amide bonds. The van der Waals surface area contributed by atoms with E-state index in [2.05, 4.69) is 36.5 Å². The number of fused-ring (bicyclic) bond motifs is 1. The highest BCUT2D eigenvalue weighted by molar-refractivity contribution is 5.82. The predicted octanol–water partition coefficient (Wildman–Crippen LogP) is 3.41. The van der Waals surface area contributed by atoms with Crippen LogP contribution in [0.1, 0.15) is 48.1 Å². The Labute approximate surface area is 189 Å². The van der Waals surface area contributed by atoms with E-state index in [1.54, 1.807) is 14.0 Å². The molecule has 0 unspecified atom stereocenters. The van der Waals surface area contributed by atoms with Crippen molar-refractivity contribution in [2.24, 2.45) is 5.92 Å². The van der Waals surface area contributed by atoms with Gasteiger partial charge in [0.25, 0.3) is 5.91 Å². The minimum atomic E-state index is -0.630. The van der Waals surface area contributed by atoms with Crippen molar-refractivity contribution in [3.8, 4) is 5.75 Å². The van der Waals surface area contributed by atoms with E-state index in [-0.39, 0.29) is 23.8 Å². The summed E-state index contributed by atoms with van der Waals surface area (Å²) in [6.45, 7) is 5.44. The lowest BCUT2D eigenvalue weighted by Crippen LogP contribution is -2.41. The molecule has 1 N–H and O–H groups in total. The third-order valence-electron chi connectivity index (χ3n) is 6.20. The third kappa shape index (κ3) is 4.96. The van der Waals surface area contributed by atoms with Crippen LogP contribution in [0.15, 0.2) is 42.5 Å². The van der Waals surface area contributed by atoms with Gasteiger partial charge >= 0.3 is 0 Å². The van der Waals surface area contributed by atoms with Gasteiger partial charge in [-0.05, 0) is 61.9 Å². The summed E-state index contributed by atoms with van der Waals surface area (Å²) < 4.78 is 11.0. The summed E-state index contributed by atoms with van der Waals surface area (Å²) in [7, 11) is 1.60. The molecule has 170 valence electrons. The van der Waals surface area contributed by atoms with E-state index in [1.807, 2.05) is 23.1 Å². The Morgan fingerprint density at radius 2 is 2.00 bits per heavy atom. The first-order chi connectivity index (χ1) is 15.5. The molecule has 6 nitrogen and oxygen atoms in total. The van der Waals surface area contributed by atoms with Crippen molar-refractivity contribution >= 4 is 11.8 Å². The number of hydrogen-bond acceptors (Lipinski definition) is 4. The first kappa shape index (κ1) is 22.3. The maximum atomic E-state index is 13.1. The maximum Gasteiger partial charge on any atom is 0.260 e. The van der Waals surface area contributed by atoms with Crippen LogP contribution in [-0.4, -0.2) is 49.6 Å². The topological polar surface area (TPSA) is 67.9 Å². The van der Waals surface area contributed by atoms with E-state index in [0.29, 0.717) is 18.9 Å². The number of nitrogens with zero attached hydrogens (tertiary/aromatic N) is 1. The predicted molar refractivity (Wildman–Crippen MR) is 123 cm³/mol. The molecule has 2 atom stereocenters. The van der Waals surface area contributed by atoms with Crippen LogP contribution in [0, 0.1) is 12.8 Å². The molecule has 0 radical (unpaired) electrons. The van der Waals surface area contributed by atoms with E-state index < -0.39 is 6.10 Å².